The summed E-state index contributed by atoms with van der Waals surface area (Å²) in [6.07, 6.45) is -2.29. The fourth-order valence-electron chi connectivity index (χ4n) is 4.60. The third kappa shape index (κ3) is 5.66. The summed E-state index contributed by atoms with van der Waals surface area (Å²) in [6, 6.07) is 3.92. The van der Waals surface area contributed by atoms with E-state index >= 15 is 0 Å². The van der Waals surface area contributed by atoms with Crippen LogP contribution in [0.15, 0.2) is 41.3 Å². The average molecular weight is 498 g/mol. The van der Waals surface area contributed by atoms with Gasteiger partial charge in [-0.15, -0.1) is 0 Å². The van der Waals surface area contributed by atoms with Gasteiger partial charge in [-0.25, -0.2) is 8.78 Å². The van der Waals surface area contributed by atoms with Crippen LogP contribution >= 0.6 is 0 Å². The molecule has 5 rings (SSSR count). The van der Waals surface area contributed by atoms with Gasteiger partial charge in [0.25, 0.3) is 17.4 Å². The summed E-state index contributed by atoms with van der Waals surface area (Å²) in [5.41, 5.74) is 3.84. The van der Waals surface area contributed by atoms with Crippen LogP contribution in [-0.4, -0.2) is 41.4 Å². The van der Waals surface area contributed by atoms with Crippen molar-refractivity contribution in [2.45, 2.75) is 43.9 Å². The standard InChI is InChI=1S/C18H16F5N3O2.C6H11N/c19-17(20)5-4-14(17)26-9-12(13(24)7-15(26)27)16(28)25-8-10-2-1-3-11(6-10)18(21,22)23;1-7-3-5-2-6(5)4-7/h1-3,6-7,9,14H,4-5,8,24H2,(H,25,28);5-6H,2-4H2,1H3. The number of carbonyl (C=O) groups excluding carboxylic acids is 1. The number of rotatable bonds is 4. The zero-order valence-corrected chi connectivity index (χ0v) is 19.1. The molecule has 0 bridgehead atoms. The van der Waals surface area contributed by atoms with Crippen molar-refractivity contribution in [1.29, 1.82) is 0 Å². The summed E-state index contributed by atoms with van der Waals surface area (Å²) in [5, 5.41) is 2.39. The number of piperidine rings is 1. The predicted molar refractivity (Wildman–Crippen MR) is 120 cm³/mol. The van der Waals surface area contributed by atoms with Gasteiger partial charge in [-0.05, 0) is 49.4 Å². The van der Waals surface area contributed by atoms with E-state index in [0.717, 1.165) is 40.8 Å². The second-order valence-electron chi connectivity index (χ2n) is 9.56. The predicted octanol–water partition coefficient (Wildman–Crippen LogP) is 3.92. The van der Waals surface area contributed by atoms with Crippen molar-refractivity contribution in [2.75, 3.05) is 25.9 Å². The highest BCUT2D eigenvalue weighted by molar-refractivity contribution is 5.98. The Bertz CT molecular complexity index is 1150. The summed E-state index contributed by atoms with van der Waals surface area (Å²) in [4.78, 5) is 26.7. The van der Waals surface area contributed by atoms with Gasteiger partial charge < -0.3 is 20.5 Å². The smallest absolute Gasteiger partial charge is 0.398 e. The number of pyridine rings is 1. The number of amides is 1. The van der Waals surface area contributed by atoms with Crippen molar-refractivity contribution in [3.63, 3.8) is 0 Å². The number of benzene rings is 1. The summed E-state index contributed by atoms with van der Waals surface area (Å²) in [7, 11) is 2.21. The summed E-state index contributed by atoms with van der Waals surface area (Å²) in [6.45, 7) is 2.52. The number of carbonyl (C=O) groups is 1. The van der Waals surface area contributed by atoms with Gasteiger partial charge in [-0.1, -0.05) is 12.1 Å². The Morgan fingerprint density at radius 1 is 1.20 bits per heavy atom. The van der Waals surface area contributed by atoms with Gasteiger partial charge >= 0.3 is 6.18 Å². The van der Waals surface area contributed by atoms with Crippen molar-refractivity contribution in [3.8, 4) is 0 Å². The van der Waals surface area contributed by atoms with Crippen LogP contribution in [0.1, 0.15) is 46.8 Å². The molecular formula is C24H27F5N4O2. The van der Waals surface area contributed by atoms with Gasteiger partial charge in [0.05, 0.1) is 16.8 Å². The van der Waals surface area contributed by atoms with E-state index in [0.29, 0.717) is 0 Å². The van der Waals surface area contributed by atoms with Gasteiger partial charge in [-0.3, -0.25) is 9.59 Å². The molecule has 6 nitrogen and oxygen atoms in total. The lowest BCUT2D eigenvalue weighted by Crippen LogP contribution is -2.44. The first-order valence-electron chi connectivity index (χ1n) is 11.4. The zero-order valence-electron chi connectivity index (χ0n) is 19.1. The summed E-state index contributed by atoms with van der Waals surface area (Å²) < 4.78 is 66.3. The molecule has 2 aliphatic carbocycles. The largest absolute Gasteiger partial charge is 0.416 e. The number of likely N-dealkylation sites (tertiary alicyclic amines) is 1. The Labute approximate surface area is 198 Å². The number of hydrogen-bond acceptors (Lipinski definition) is 4. The minimum atomic E-state index is -4.52. The molecular weight excluding hydrogens is 471 g/mol. The van der Waals surface area contributed by atoms with Crippen molar-refractivity contribution in [1.82, 2.24) is 14.8 Å². The molecule has 0 radical (unpaired) electrons. The molecule has 3 aliphatic rings. The van der Waals surface area contributed by atoms with Crippen LogP contribution in [0.25, 0.3) is 0 Å². The van der Waals surface area contributed by atoms with Crippen LogP contribution in [0.3, 0.4) is 0 Å². The molecule has 1 aromatic heterocycles. The average Bonchev–Trinajstić information content (AvgIpc) is 3.39. The lowest BCUT2D eigenvalue weighted by Gasteiger charge is -2.37. The molecule has 11 heteroatoms. The number of nitrogens with two attached hydrogens (primary N) is 1. The van der Waals surface area contributed by atoms with E-state index in [1.54, 1.807) is 0 Å². The highest BCUT2D eigenvalue weighted by atomic mass is 19.4. The number of alkyl halides is 5. The molecule has 2 aromatic rings. The minimum Gasteiger partial charge on any atom is -0.398 e. The second kappa shape index (κ2) is 9.25. The lowest BCUT2D eigenvalue weighted by molar-refractivity contribution is -0.137. The molecule has 2 saturated carbocycles. The van der Waals surface area contributed by atoms with Gasteiger partial charge in [-0.2, -0.15) is 13.2 Å². The molecule has 3 N–H and O–H groups in total. The van der Waals surface area contributed by atoms with Crippen LogP contribution < -0.4 is 16.6 Å². The zero-order chi connectivity index (χ0) is 25.5. The Hall–Kier alpha value is -2.95. The van der Waals surface area contributed by atoms with E-state index in [2.05, 4.69) is 17.3 Å². The topological polar surface area (TPSA) is 80.4 Å². The number of anilines is 1. The van der Waals surface area contributed by atoms with E-state index in [4.69, 9.17) is 5.73 Å². The first-order valence-corrected chi connectivity index (χ1v) is 11.4. The van der Waals surface area contributed by atoms with E-state index in [9.17, 15) is 31.5 Å². The third-order valence-corrected chi connectivity index (χ3v) is 6.80. The number of halogens is 5. The fourth-order valence-corrected chi connectivity index (χ4v) is 4.60. The maximum Gasteiger partial charge on any atom is 0.416 e. The number of hydrogen-bond donors (Lipinski definition) is 2. The molecule has 1 saturated heterocycles. The molecule has 1 aliphatic heterocycles. The van der Waals surface area contributed by atoms with Gasteiger partial charge in [0.2, 0.25) is 0 Å². The molecule has 2 heterocycles. The minimum absolute atomic E-state index is 0.0854. The molecule has 3 fully saturated rings. The van der Waals surface area contributed by atoms with Crippen LogP contribution in [-0.2, 0) is 12.7 Å². The van der Waals surface area contributed by atoms with E-state index in [-0.39, 0.29) is 36.2 Å². The van der Waals surface area contributed by atoms with Crippen LogP contribution in [0, 0.1) is 11.8 Å². The third-order valence-electron chi connectivity index (χ3n) is 6.80. The molecule has 3 atom stereocenters. The summed E-state index contributed by atoms with van der Waals surface area (Å²) in [5.74, 6) is -1.60. The number of fused-ring (bicyclic) bond motifs is 1. The normalized spacial score (nSPS) is 24.6. The SMILES string of the molecule is CN1CC2CC2C1.Nc1cc(=O)n(C2CCC2(F)F)cc1C(=O)NCc1cccc(C(F)(F)F)c1. The Morgan fingerprint density at radius 2 is 1.89 bits per heavy atom. The molecule has 1 amide bonds. The van der Waals surface area contributed by atoms with Crippen molar-refractivity contribution in [2.24, 2.45) is 11.8 Å². The maximum absolute atomic E-state index is 13.6. The van der Waals surface area contributed by atoms with E-state index in [1.807, 2.05) is 0 Å². The second-order valence-corrected chi connectivity index (χ2v) is 9.56. The molecule has 190 valence electrons. The van der Waals surface area contributed by atoms with Crippen molar-refractivity contribution >= 4 is 11.6 Å². The van der Waals surface area contributed by atoms with Crippen LogP contribution in [0.5, 0.6) is 0 Å². The number of nitrogen functional groups attached to an aromatic ring is 1. The highest BCUT2D eigenvalue weighted by Gasteiger charge is 2.50. The molecule has 3 unspecified atom stereocenters. The van der Waals surface area contributed by atoms with Gasteiger partial charge in [0.1, 0.15) is 6.04 Å². The highest BCUT2D eigenvalue weighted by Crippen LogP contribution is 2.46. The van der Waals surface area contributed by atoms with Crippen molar-refractivity contribution < 1.29 is 26.7 Å². The van der Waals surface area contributed by atoms with Crippen LogP contribution in [0.2, 0.25) is 0 Å². The van der Waals surface area contributed by atoms with Gasteiger partial charge in [0.15, 0.2) is 0 Å². The number of nitrogens with zero attached hydrogens (tertiary/aromatic N) is 2. The van der Waals surface area contributed by atoms with E-state index in [1.165, 1.54) is 31.6 Å². The van der Waals surface area contributed by atoms with E-state index < -0.39 is 35.2 Å². The first kappa shape index (κ1) is 25.2. The van der Waals surface area contributed by atoms with Crippen molar-refractivity contribution in [3.05, 3.63) is 63.6 Å². The maximum atomic E-state index is 13.6. The summed E-state index contributed by atoms with van der Waals surface area (Å²) >= 11 is 0. The molecule has 35 heavy (non-hydrogen) atoms. The number of aromatic nitrogens is 1. The monoisotopic (exact) mass is 498 g/mol. The Balaban J connectivity index is 0.000000347. The lowest BCUT2D eigenvalue weighted by atomic mass is 9.87. The fraction of sp³-hybridized carbons (Fsp3) is 0.500. The molecule has 1 aromatic carbocycles. The van der Waals surface area contributed by atoms with Crippen LogP contribution in [0.4, 0.5) is 27.6 Å². The quantitative estimate of drug-likeness (QED) is 0.627. The molecule has 0 spiro atoms. The Kier molecular flexibility index (Phi) is 6.65. The Morgan fingerprint density at radius 3 is 2.40 bits per heavy atom. The van der Waals surface area contributed by atoms with Gasteiger partial charge in [0, 0.05) is 38.3 Å². The first-order chi connectivity index (χ1) is 16.3. The number of nitrogens with one attached hydrogen (secondary N) is 1.